The predicted octanol–water partition coefficient (Wildman–Crippen LogP) is 0.302. The molecule has 0 aliphatic rings. The van der Waals surface area contributed by atoms with Gasteiger partial charge in [0.1, 0.15) is 0 Å². The summed E-state index contributed by atoms with van der Waals surface area (Å²) in [5.74, 6) is -1.20. The summed E-state index contributed by atoms with van der Waals surface area (Å²) in [6, 6.07) is -1.11. The van der Waals surface area contributed by atoms with Crippen molar-refractivity contribution in [3.63, 3.8) is 0 Å². The lowest BCUT2D eigenvalue weighted by atomic mass is 10.2. The van der Waals surface area contributed by atoms with Crippen LogP contribution in [0.25, 0.3) is 0 Å². The first kappa shape index (κ1) is 10.1. The van der Waals surface area contributed by atoms with Gasteiger partial charge in [0.05, 0.1) is 0 Å². The molecule has 0 saturated heterocycles. The van der Waals surface area contributed by atoms with E-state index in [0.29, 0.717) is 6.42 Å². The quantitative estimate of drug-likeness (QED) is 0.672. The average molecular weight is 179 g/mol. The van der Waals surface area contributed by atoms with Crippen molar-refractivity contribution in [2.24, 2.45) is 4.36 Å². The number of carbonyl (C=O) groups is 1. The van der Waals surface area contributed by atoms with Crippen LogP contribution >= 0.6 is 0 Å². The maximum Gasteiger partial charge on any atom is 0.329 e. The first-order valence-corrected chi connectivity index (χ1v) is 4.14. The van der Waals surface area contributed by atoms with E-state index in [2.05, 4.69) is 4.36 Å². The molecule has 0 saturated carbocycles. The van der Waals surface area contributed by atoms with Gasteiger partial charge in [0.15, 0.2) is 6.04 Å². The van der Waals surface area contributed by atoms with E-state index in [1.807, 2.05) is 0 Å². The molecule has 0 aliphatic heterocycles. The highest BCUT2D eigenvalue weighted by Gasteiger charge is 2.14. The Balaban J connectivity index is 4.35. The number of rotatable bonds is 4. The first-order valence-electron chi connectivity index (χ1n) is 3.11. The number of hydrogen-bond donors (Lipinski definition) is 1. The van der Waals surface area contributed by atoms with Gasteiger partial charge in [0.2, 0.25) is 0 Å². The van der Waals surface area contributed by atoms with Crippen LogP contribution in [0, 0.1) is 0 Å². The fourth-order valence-corrected chi connectivity index (χ4v) is 1.00. The Labute approximate surface area is 65.7 Å². The SMILES string of the molecule is CCCC(N=S(=O)=O)C(=O)O. The van der Waals surface area contributed by atoms with E-state index in [9.17, 15) is 13.2 Å². The lowest BCUT2D eigenvalue weighted by molar-refractivity contribution is -0.138. The second kappa shape index (κ2) is 4.84. The van der Waals surface area contributed by atoms with Crippen LogP contribution < -0.4 is 0 Å². The smallest absolute Gasteiger partial charge is 0.329 e. The van der Waals surface area contributed by atoms with Crippen molar-refractivity contribution < 1.29 is 18.3 Å². The van der Waals surface area contributed by atoms with Crippen molar-refractivity contribution in [3.05, 3.63) is 0 Å². The molecule has 11 heavy (non-hydrogen) atoms. The fourth-order valence-electron chi connectivity index (χ4n) is 0.599. The molecule has 0 aromatic rings. The Bertz CT molecular complexity index is 248. The number of nitrogens with zero attached hydrogens (tertiary/aromatic N) is 1. The van der Waals surface area contributed by atoms with Crippen LogP contribution in [-0.2, 0) is 15.3 Å². The van der Waals surface area contributed by atoms with Crippen molar-refractivity contribution >= 4 is 16.5 Å². The molecule has 1 unspecified atom stereocenters. The van der Waals surface area contributed by atoms with Crippen LogP contribution in [0.1, 0.15) is 19.8 Å². The van der Waals surface area contributed by atoms with E-state index in [1.165, 1.54) is 0 Å². The molecule has 0 aliphatic carbocycles. The molecule has 0 heterocycles. The van der Waals surface area contributed by atoms with Gasteiger partial charge < -0.3 is 5.11 Å². The largest absolute Gasteiger partial charge is 0.480 e. The van der Waals surface area contributed by atoms with Crippen molar-refractivity contribution in [2.45, 2.75) is 25.8 Å². The second-order valence-electron chi connectivity index (χ2n) is 1.97. The van der Waals surface area contributed by atoms with Crippen molar-refractivity contribution in [2.75, 3.05) is 0 Å². The number of carboxylic acid groups (broad SMARTS) is 1. The van der Waals surface area contributed by atoms with Crippen LogP contribution in [0.3, 0.4) is 0 Å². The summed E-state index contributed by atoms with van der Waals surface area (Å²) in [5.41, 5.74) is 0. The van der Waals surface area contributed by atoms with Crippen molar-refractivity contribution in [1.29, 1.82) is 0 Å². The number of carboxylic acids is 1. The Hall–Kier alpha value is -0.910. The zero-order chi connectivity index (χ0) is 8.85. The first-order chi connectivity index (χ1) is 5.07. The topological polar surface area (TPSA) is 83.8 Å². The standard InChI is InChI=1S/C5H9NO4S/c1-2-3-4(5(7)8)6-11(9)10/h4H,2-3H2,1H3,(H,7,8). The normalized spacial score (nSPS) is 12.1. The van der Waals surface area contributed by atoms with Gasteiger partial charge in [-0.1, -0.05) is 13.3 Å². The number of aliphatic carboxylic acids is 1. The van der Waals surface area contributed by atoms with Gasteiger partial charge in [-0.15, -0.1) is 0 Å². The van der Waals surface area contributed by atoms with Gasteiger partial charge in [-0.3, -0.25) is 0 Å². The molecule has 0 rings (SSSR count). The lowest BCUT2D eigenvalue weighted by Gasteiger charge is -1.99. The van der Waals surface area contributed by atoms with E-state index >= 15 is 0 Å². The molecule has 0 aromatic heterocycles. The lowest BCUT2D eigenvalue weighted by Crippen LogP contribution is -2.16. The number of hydrogen-bond acceptors (Lipinski definition) is 4. The molecule has 64 valence electrons. The molecule has 0 spiro atoms. The molecule has 0 aromatic carbocycles. The van der Waals surface area contributed by atoms with Gasteiger partial charge in [0.25, 0.3) is 0 Å². The van der Waals surface area contributed by atoms with Gasteiger partial charge >= 0.3 is 16.5 Å². The summed E-state index contributed by atoms with van der Waals surface area (Å²) in [7, 11) is -2.62. The molecule has 1 atom stereocenters. The molecule has 0 bridgehead atoms. The molecule has 1 N–H and O–H groups in total. The molecular formula is C5H9NO4S. The zero-order valence-electron chi connectivity index (χ0n) is 6.02. The Kier molecular flexibility index (Phi) is 4.44. The van der Waals surface area contributed by atoms with Crippen LogP contribution in [0.2, 0.25) is 0 Å². The summed E-state index contributed by atoms with van der Waals surface area (Å²) >= 11 is 0. The Morgan fingerprint density at radius 2 is 2.18 bits per heavy atom. The van der Waals surface area contributed by atoms with E-state index in [1.54, 1.807) is 6.92 Å². The van der Waals surface area contributed by atoms with E-state index in [-0.39, 0.29) is 6.42 Å². The fraction of sp³-hybridized carbons (Fsp3) is 0.800. The van der Waals surface area contributed by atoms with E-state index in [4.69, 9.17) is 5.11 Å². The Morgan fingerprint density at radius 1 is 1.64 bits per heavy atom. The predicted molar refractivity (Wildman–Crippen MR) is 37.7 cm³/mol. The van der Waals surface area contributed by atoms with Crippen LogP contribution in [-0.4, -0.2) is 25.5 Å². The van der Waals surface area contributed by atoms with E-state index in [0.717, 1.165) is 0 Å². The van der Waals surface area contributed by atoms with Gasteiger partial charge in [-0.2, -0.15) is 12.8 Å². The van der Waals surface area contributed by atoms with Gasteiger partial charge in [0, 0.05) is 0 Å². The molecule has 5 nitrogen and oxygen atoms in total. The molecule has 0 fully saturated rings. The molecule has 0 radical (unpaired) electrons. The maximum atomic E-state index is 10.3. The minimum Gasteiger partial charge on any atom is -0.480 e. The molecule has 6 heteroatoms. The van der Waals surface area contributed by atoms with Gasteiger partial charge in [-0.25, -0.2) is 4.79 Å². The van der Waals surface area contributed by atoms with E-state index < -0.39 is 22.5 Å². The molecular weight excluding hydrogens is 170 g/mol. The summed E-state index contributed by atoms with van der Waals surface area (Å²) in [4.78, 5) is 10.3. The summed E-state index contributed by atoms with van der Waals surface area (Å²) in [6.45, 7) is 1.76. The van der Waals surface area contributed by atoms with Crippen LogP contribution in [0.15, 0.2) is 4.36 Å². The zero-order valence-corrected chi connectivity index (χ0v) is 6.84. The minimum atomic E-state index is -2.62. The average Bonchev–Trinajstić information content (AvgIpc) is 1.86. The van der Waals surface area contributed by atoms with Crippen molar-refractivity contribution in [3.8, 4) is 0 Å². The highest BCUT2D eigenvalue weighted by molar-refractivity contribution is 7.61. The third-order valence-electron chi connectivity index (χ3n) is 1.06. The summed E-state index contributed by atoms with van der Waals surface area (Å²) < 4.78 is 22.9. The third-order valence-corrected chi connectivity index (χ3v) is 1.49. The van der Waals surface area contributed by atoms with Crippen LogP contribution in [0.4, 0.5) is 0 Å². The summed E-state index contributed by atoms with van der Waals surface area (Å²) in [5, 5.41) is 8.39. The minimum absolute atomic E-state index is 0.253. The summed E-state index contributed by atoms with van der Waals surface area (Å²) in [6.07, 6.45) is 0.848. The molecule has 0 amide bonds. The monoisotopic (exact) mass is 179 g/mol. The third kappa shape index (κ3) is 4.49. The Morgan fingerprint density at radius 3 is 2.45 bits per heavy atom. The maximum absolute atomic E-state index is 10.3. The highest BCUT2D eigenvalue weighted by Crippen LogP contribution is 2.00. The van der Waals surface area contributed by atoms with Crippen molar-refractivity contribution in [1.82, 2.24) is 0 Å². The van der Waals surface area contributed by atoms with Crippen LogP contribution in [0.5, 0.6) is 0 Å². The van der Waals surface area contributed by atoms with Gasteiger partial charge in [-0.05, 0) is 6.42 Å². The second-order valence-corrected chi connectivity index (χ2v) is 2.61. The highest BCUT2D eigenvalue weighted by atomic mass is 32.2.